The molecule has 0 bridgehead atoms. The van der Waals surface area contributed by atoms with Crippen LogP contribution in [0.2, 0.25) is 0 Å². The van der Waals surface area contributed by atoms with Crippen molar-refractivity contribution >= 4 is 0 Å². The van der Waals surface area contributed by atoms with Gasteiger partial charge in [-0.1, -0.05) is 90.4 Å². The van der Waals surface area contributed by atoms with Gasteiger partial charge in [0.1, 0.15) is 0 Å². The van der Waals surface area contributed by atoms with E-state index in [1.165, 1.54) is 103 Å². The Kier molecular flexibility index (Phi) is 11.4. The highest BCUT2D eigenvalue weighted by atomic mass is 14.6. The summed E-state index contributed by atoms with van der Waals surface area (Å²) in [6.07, 6.45) is 22.6. The summed E-state index contributed by atoms with van der Waals surface area (Å²) in [4.78, 5) is 0. The molecule has 1 fully saturated rings. The Morgan fingerprint density at radius 1 is 0.750 bits per heavy atom. The normalized spacial score (nSPS) is 18.9. The fourth-order valence-corrected chi connectivity index (χ4v) is 3.67. The minimum atomic E-state index is 0.498. The SMILES string of the molecule is CCCCCCCCCCCC(N)C1CCCCCC1. The summed E-state index contributed by atoms with van der Waals surface area (Å²) in [6, 6.07) is 0.498. The number of unbranched alkanes of at least 4 members (excludes halogenated alkanes) is 8. The first-order valence-corrected chi connectivity index (χ1v) is 9.60. The van der Waals surface area contributed by atoms with Crippen molar-refractivity contribution < 1.29 is 0 Å². The molecule has 1 aliphatic carbocycles. The first kappa shape index (κ1) is 18.0. The minimum absolute atomic E-state index is 0.498. The third-order valence-electron chi connectivity index (χ3n) is 5.15. The zero-order chi connectivity index (χ0) is 14.5. The maximum Gasteiger partial charge on any atom is 0.00671 e. The fraction of sp³-hybridized carbons (Fsp3) is 1.00. The average Bonchev–Trinajstić information content (AvgIpc) is 2.74. The summed E-state index contributed by atoms with van der Waals surface area (Å²) in [6.45, 7) is 2.29. The van der Waals surface area contributed by atoms with Crippen LogP contribution in [-0.2, 0) is 0 Å². The third-order valence-corrected chi connectivity index (χ3v) is 5.15. The number of rotatable bonds is 11. The van der Waals surface area contributed by atoms with Gasteiger partial charge in [-0.25, -0.2) is 0 Å². The molecular formula is C19H39N. The highest BCUT2D eigenvalue weighted by molar-refractivity contribution is 4.75. The van der Waals surface area contributed by atoms with Crippen LogP contribution in [0.4, 0.5) is 0 Å². The molecule has 1 rings (SSSR count). The van der Waals surface area contributed by atoms with E-state index in [1.807, 2.05) is 0 Å². The van der Waals surface area contributed by atoms with E-state index in [0.29, 0.717) is 6.04 Å². The zero-order valence-electron chi connectivity index (χ0n) is 14.0. The predicted octanol–water partition coefficient (Wildman–Crippen LogP) is 6.21. The second-order valence-electron chi connectivity index (χ2n) is 7.03. The van der Waals surface area contributed by atoms with Crippen molar-refractivity contribution in [1.82, 2.24) is 0 Å². The molecule has 0 radical (unpaired) electrons. The fourth-order valence-electron chi connectivity index (χ4n) is 3.67. The lowest BCUT2D eigenvalue weighted by atomic mass is 9.89. The number of nitrogens with two attached hydrogens (primary N) is 1. The van der Waals surface area contributed by atoms with Crippen LogP contribution in [0.5, 0.6) is 0 Å². The Labute approximate surface area is 128 Å². The predicted molar refractivity (Wildman–Crippen MR) is 91.0 cm³/mol. The molecule has 1 unspecified atom stereocenters. The van der Waals surface area contributed by atoms with Gasteiger partial charge in [-0.15, -0.1) is 0 Å². The quantitative estimate of drug-likeness (QED) is 0.354. The van der Waals surface area contributed by atoms with Crippen LogP contribution >= 0.6 is 0 Å². The summed E-state index contributed by atoms with van der Waals surface area (Å²) in [5, 5.41) is 0. The molecule has 2 N–H and O–H groups in total. The standard InChI is InChI=1S/C19H39N/c1-2-3-4-5-6-7-8-9-14-17-19(20)18-15-12-10-11-13-16-18/h18-19H,2-17,20H2,1H3. The van der Waals surface area contributed by atoms with E-state index in [1.54, 1.807) is 0 Å². The Morgan fingerprint density at radius 2 is 1.25 bits per heavy atom. The summed E-state index contributed by atoms with van der Waals surface area (Å²) in [5.74, 6) is 0.839. The molecule has 1 atom stereocenters. The molecule has 120 valence electrons. The van der Waals surface area contributed by atoms with Crippen LogP contribution in [0.15, 0.2) is 0 Å². The van der Waals surface area contributed by atoms with Crippen LogP contribution in [0.1, 0.15) is 110 Å². The molecule has 0 aliphatic heterocycles. The van der Waals surface area contributed by atoms with Gasteiger partial charge in [0.25, 0.3) is 0 Å². The molecule has 20 heavy (non-hydrogen) atoms. The third kappa shape index (κ3) is 9.00. The minimum Gasteiger partial charge on any atom is -0.327 e. The Hall–Kier alpha value is -0.0400. The molecule has 0 heterocycles. The molecule has 0 amide bonds. The highest BCUT2D eigenvalue weighted by Crippen LogP contribution is 2.26. The molecule has 0 aromatic rings. The van der Waals surface area contributed by atoms with Crippen molar-refractivity contribution in [3.8, 4) is 0 Å². The number of hydrogen-bond donors (Lipinski definition) is 1. The van der Waals surface area contributed by atoms with Crippen LogP contribution in [-0.4, -0.2) is 6.04 Å². The summed E-state index contributed by atoms with van der Waals surface area (Å²) >= 11 is 0. The van der Waals surface area contributed by atoms with Gasteiger partial charge in [0.15, 0.2) is 0 Å². The van der Waals surface area contributed by atoms with E-state index in [2.05, 4.69) is 6.92 Å². The van der Waals surface area contributed by atoms with Gasteiger partial charge >= 0.3 is 0 Å². The van der Waals surface area contributed by atoms with Crippen molar-refractivity contribution in [1.29, 1.82) is 0 Å². The smallest absolute Gasteiger partial charge is 0.00671 e. The van der Waals surface area contributed by atoms with E-state index in [9.17, 15) is 0 Å². The lowest BCUT2D eigenvalue weighted by Crippen LogP contribution is -2.29. The van der Waals surface area contributed by atoms with Gasteiger partial charge in [0.2, 0.25) is 0 Å². The van der Waals surface area contributed by atoms with E-state index < -0.39 is 0 Å². The van der Waals surface area contributed by atoms with Crippen molar-refractivity contribution in [3.05, 3.63) is 0 Å². The topological polar surface area (TPSA) is 26.0 Å². The molecule has 0 saturated heterocycles. The van der Waals surface area contributed by atoms with Crippen molar-refractivity contribution in [3.63, 3.8) is 0 Å². The van der Waals surface area contributed by atoms with E-state index in [0.717, 1.165) is 5.92 Å². The highest BCUT2D eigenvalue weighted by Gasteiger charge is 2.18. The van der Waals surface area contributed by atoms with Crippen molar-refractivity contribution in [2.45, 2.75) is 116 Å². The zero-order valence-corrected chi connectivity index (χ0v) is 14.0. The lowest BCUT2D eigenvalue weighted by molar-refractivity contribution is 0.349. The van der Waals surface area contributed by atoms with Crippen LogP contribution in [0.25, 0.3) is 0 Å². The van der Waals surface area contributed by atoms with Crippen LogP contribution < -0.4 is 5.73 Å². The van der Waals surface area contributed by atoms with Crippen LogP contribution in [0, 0.1) is 5.92 Å². The summed E-state index contributed by atoms with van der Waals surface area (Å²) in [7, 11) is 0. The molecule has 1 nitrogen and oxygen atoms in total. The van der Waals surface area contributed by atoms with Crippen molar-refractivity contribution in [2.75, 3.05) is 0 Å². The van der Waals surface area contributed by atoms with E-state index in [4.69, 9.17) is 5.73 Å². The average molecular weight is 282 g/mol. The van der Waals surface area contributed by atoms with Crippen LogP contribution in [0.3, 0.4) is 0 Å². The summed E-state index contributed by atoms with van der Waals surface area (Å²) < 4.78 is 0. The maximum absolute atomic E-state index is 6.41. The van der Waals surface area contributed by atoms with Gasteiger partial charge in [-0.05, 0) is 25.2 Å². The maximum atomic E-state index is 6.41. The van der Waals surface area contributed by atoms with E-state index >= 15 is 0 Å². The largest absolute Gasteiger partial charge is 0.327 e. The molecule has 0 aromatic carbocycles. The lowest BCUT2D eigenvalue weighted by Gasteiger charge is -2.22. The van der Waals surface area contributed by atoms with Gasteiger partial charge < -0.3 is 5.73 Å². The van der Waals surface area contributed by atoms with Gasteiger partial charge in [-0.3, -0.25) is 0 Å². The molecule has 1 saturated carbocycles. The molecule has 1 heteroatoms. The van der Waals surface area contributed by atoms with Gasteiger partial charge in [-0.2, -0.15) is 0 Å². The molecule has 1 aliphatic rings. The van der Waals surface area contributed by atoms with E-state index in [-0.39, 0.29) is 0 Å². The van der Waals surface area contributed by atoms with Crippen molar-refractivity contribution in [2.24, 2.45) is 11.7 Å². The monoisotopic (exact) mass is 281 g/mol. The second-order valence-corrected chi connectivity index (χ2v) is 7.03. The molecular weight excluding hydrogens is 242 g/mol. The first-order chi connectivity index (χ1) is 9.84. The summed E-state index contributed by atoms with van der Waals surface area (Å²) in [5.41, 5.74) is 6.41. The van der Waals surface area contributed by atoms with Gasteiger partial charge in [0, 0.05) is 6.04 Å². The first-order valence-electron chi connectivity index (χ1n) is 9.60. The second kappa shape index (κ2) is 12.7. The Balaban J connectivity index is 1.89. The molecule has 0 aromatic heterocycles. The Bertz CT molecular complexity index is 194. The van der Waals surface area contributed by atoms with Gasteiger partial charge in [0.05, 0.1) is 0 Å². The Morgan fingerprint density at radius 3 is 1.80 bits per heavy atom. The molecule has 0 spiro atoms. The number of hydrogen-bond acceptors (Lipinski definition) is 1.